The second kappa shape index (κ2) is 16.7. The van der Waals surface area contributed by atoms with Gasteiger partial charge in [0, 0.05) is 55.2 Å². The molecule has 1 aromatic carbocycles. The van der Waals surface area contributed by atoms with Crippen molar-refractivity contribution in [3.05, 3.63) is 64.7 Å². The zero-order chi connectivity index (χ0) is 43.5. The first-order valence-corrected chi connectivity index (χ1v) is 22.2. The van der Waals surface area contributed by atoms with Gasteiger partial charge in [-0.3, -0.25) is 38.9 Å². The van der Waals surface area contributed by atoms with Gasteiger partial charge in [-0.25, -0.2) is 18.3 Å². The Morgan fingerprint density at radius 3 is 2.54 bits per heavy atom. The summed E-state index contributed by atoms with van der Waals surface area (Å²) in [5.41, 5.74) is 2.25. The molecule has 2 saturated heterocycles. The minimum absolute atomic E-state index is 0.0153. The lowest BCUT2D eigenvalue weighted by molar-refractivity contribution is -0.136. The number of amides is 5. The summed E-state index contributed by atoms with van der Waals surface area (Å²) in [6.45, 7) is 2.86. The quantitative estimate of drug-likeness (QED) is 0.186. The van der Waals surface area contributed by atoms with E-state index in [2.05, 4.69) is 43.0 Å². The predicted octanol–water partition coefficient (Wildman–Crippen LogP) is 4.75. The van der Waals surface area contributed by atoms with Crippen molar-refractivity contribution in [2.24, 2.45) is 5.92 Å². The third-order valence-electron chi connectivity index (χ3n) is 14.1. The second-order valence-electron chi connectivity index (χ2n) is 18.0. The molecule has 2 saturated carbocycles. The van der Waals surface area contributed by atoms with Gasteiger partial charge in [0.1, 0.15) is 17.4 Å². The van der Waals surface area contributed by atoms with E-state index in [0.717, 1.165) is 87.0 Å². The fraction of sp³-hybridized carbons (Fsp3) is 0.545. The number of nitrogens with one attached hydrogen (secondary N) is 3. The summed E-state index contributed by atoms with van der Waals surface area (Å²) in [5, 5.41) is 17.2. The van der Waals surface area contributed by atoms with Crippen molar-refractivity contribution in [3.8, 4) is 0 Å². The zero-order valence-corrected chi connectivity index (χ0v) is 35.1. The number of nitrogens with zero attached hydrogens (tertiary/aromatic N) is 8. The first kappa shape index (κ1) is 41.2. The number of halogens is 2. The van der Waals surface area contributed by atoms with E-state index in [0.29, 0.717) is 43.1 Å². The number of benzene rings is 1. The summed E-state index contributed by atoms with van der Waals surface area (Å²) in [5.74, 6) is -1.40. The lowest BCUT2D eigenvalue weighted by Gasteiger charge is -2.40. The highest BCUT2D eigenvalue weighted by Gasteiger charge is 2.46. The molecule has 7 heterocycles. The highest BCUT2D eigenvalue weighted by atomic mass is 19.3. The fourth-order valence-corrected chi connectivity index (χ4v) is 10.7. The van der Waals surface area contributed by atoms with Crippen LogP contribution in [0.3, 0.4) is 0 Å². The van der Waals surface area contributed by atoms with Crippen molar-refractivity contribution in [2.75, 3.05) is 48.9 Å². The molecule has 2 aliphatic carbocycles. The van der Waals surface area contributed by atoms with Crippen molar-refractivity contribution >= 4 is 52.4 Å². The molecule has 63 heavy (non-hydrogen) atoms. The Morgan fingerprint density at radius 2 is 1.76 bits per heavy atom. The average Bonchev–Trinajstić information content (AvgIpc) is 3.97. The van der Waals surface area contributed by atoms with Gasteiger partial charge in [-0.1, -0.05) is 6.07 Å². The van der Waals surface area contributed by atoms with Gasteiger partial charge in [0.15, 0.2) is 11.3 Å². The van der Waals surface area contributed by atoms with Gasteiger partial charge < -0.3 is 25.2 Å². The molecule has 6 aliphatic rings. The van der Waals surface area contributed by atoms with Crippen LogP contribution in [0.4, 0.5) is 26.0 Å². The highest BCUT2D eigenvalue weighted by Crippen LogP contribution is 2.38. The number of anilines is 3. The number of carbonyl (C=O) groups excluding carboxylic acids is 5. The molecule has 4 aliphatic heterocycles. The lowest BCUT2D eigenvalue weighted by Crippen LogP contribution is -2.54. The molecule has 5 amide bonds. The molecule has 17 nitrogen and oxygen atoms in total. The topological polar surface area (TPSA) is 188 Å². The number of aromatic nitrogens is 5. The van der Waals surface area contributed by atoms with Crippen molar-refractivity contribution in [3.63, 3.8) is 0 Å². The molecular formula is C44H51F2N11O6. The number of ether oxygens (including phenoxy) is 1. The van der Waals surface area contributed by atoms with Crippen LogP contribution in [0.1, 0.15) is 125 Å². The second-order valence-corrected chi connectivity index (χ2v) is 18.0. The molecular weight excluding hydrogens is 817 g/mol. The Labute approximate surface area is 361 Å². The number of piperidine rings is 1. The SMILES string of the molecule is CN(CC1CCC(n2cc(NC(=O)c3cnn4cc5c(nc34)N3CCOCC3CC5)c(C(F)F)n2)CC1)[C@H]1CC[C@H](Nc2cccc3c2C(=O)N(C2CCC(=O)NC2=O)C3=O)CC1. The molecule has 3 aromatic heterocycles. The normalized spacial score (nSPS) is 26.2. The minimum atomic E-state index is -2.88. The summed E-state index contributed by atoms with van der Waals surface area (Å²) < 4.78 is 37.6. The average molecular weight is 868 g/mol. The lowest BCUT2D eigenvalue weighted by atomic mass is 9.84. The molecule has 4 fully saturated rings. The van der Waals surface area contributed by atoms with Gasteiger partial charge in [-0.15, -0.1) is 0 Å². The Morgan fingerprint density at radius 1 is 0.952 bits per heavy atom. The van der Waals surface area contributed by atoms with Gasteiger partial charge in [-0.05, 0) is 95.7 Å². The Balaban J connectivity index is 0.723. The maximum atomic E-state index is 14.4. The van der Waals surface area contributed by atoms with Crippen LogP contribution in [0, 0.1) is 5.92 Å². The van der Waals surface area contributed by atoms with E-state index in [1.807, 2.05) is 6.20 Å². The van der Waals surface area contributed by atoms with E-state index in [1.165, 1.54) is 12.4 Å². The van der Waals surface area contributed by atoms with Gasteiger partial charge in [0.25, 0.3) is 24.1 Å². The van der Waals surface area contributed by atoms with Gasteiger partial charge >= 0.3 is 0 Å². The number of rotatable bonds is 10. The van der Waals surface area contributed by atoms with E-state index in [4.69, 9.17) is 9.72 Å². The van der Waals surface area contributed by atoms with Crippen LogP contribution < -0.4 is 20.9 Å². The standard InChI is InChI=1S/C44H51F2N11O6/c1-53(27-13-8-26(9-14-27)48-32-4-2-3-30-36(32)44(62)57(43(30)61)34-15-16-35(58)50-42(34)60)20-24-5-10-28(11-6-24)55-22-33(37(52-55)38(45)46)49-41(59)31-19-47-56-21-25-7-12-29-23-63-18-17-54(29)39(25)51-40(31)56/h2-4,19,21-22,24,26-29,34,38,48H,5-18,20,23H2,1H3,(H,49,59)(H,50,58,60)/t24?,26-,27-,28?,29?,34?. The van der Waals surface area contributed by atoms with Gasteiger partial charge in [0.2, 0.25) is 11.8 Å². The largest absolute Gasteiger partial charge is 0.382 e. The molecule has 0 spiro atoms. The van der Waals surface area contributed by atoms with E-state index in [1.54, 1.807) is 27.4 Å². The number of alkyl halides is 2. The molecule has 10 rings (SSSR count). The van der Waals surface area contributed by atoms with Crippen molar-refractivity contribution < 1.29 is 37.5 Å². The van der Waals surface area contributed by atoms with Crippen molar-refractivity contribution in [1.82, 2.24) is 39.5 Å². The van der Waals surface area contributed by atoms with E-state index in [9.17, 15) is 32.8 Å². The maximum Gasteiger partial charge on any atom is 0.284 e. The van der Waals surface area contributed by atoms with Crippen LogP contribution in [0.5, 0.6) is 0 Å². The smallest absolute Gasteiger partial charge is 0.284 e. The Bertz CT molecular complexity index is 2470. The number of hydrogen-bond donors (Lipinski definition) is 3. The minimum Gasteiger partial charge on any atom is -0.382 e. The summed E-state index contributed by atoms with van der Waals surface area (Å²) in [4.78, 5) is 75.3. The summed E-state index contributed by atoms with van der Waals surface area (Å²) in [7, 11) is 2.16. The molecule has 3 N–H and O–H groups in total. The molecule has 19 heteroatoms. The van der Waals surface area contributed by atoms with Crippen molar-refractivity contribution in [2.45, 2.75) is 114 Å². The fourth-order valence-electron chi connectivity index (χ4n) is 10.7. The third kappa shape index (κ3) is 7.72. The first-order chi connectivity index (χ1) is 30.5. The number of carbonyl (C=O) groups is 5. The summed E-state index contributed by atoms with van der Waals surface area (Å²) in [6, 6.07) is 4.77. The van der Waals surface area contributed by atoms with Crippen LogP contribution in [-0.2, 0) is 20.7 Å². The van der Waals surface area contributed by atoms with Crippen molar-refractivity contribution in [1.29, 1.82) is 0 Å². The third-order valence-corrected chi connectivity index (χ3v) is 14.1. The van der Waals surface area contributed by atoms with Crippen LogP contribution in [-0.4, -0.2) is 121 Å². The maximum absolute atomic E-state index is 14.4. The number of hydrogen-bond acceptors (Lipinski definition) is 12. The molecule has 2 atom stereocenters. The molecule has 332 valence electrons. The predicted molar refractivity (Wildman–Crippen MR) is 225 cm³/mol. The Hall–Kier alpha value is -5.82. The van der Waals surface area contributed by atoms with Gasteiger partial charge in [-0.2, -0.15) is 10.2 Å². The summed E-state index contributed by atoms with van der Waals surface area (Å²) in [6.07, 6.45) is 11.0. The van der Waals surface area contributed by atoms with E-state index in [-0.39, 0.29) is 53.3 Å². The van der Waals surface area contributed by atoms with Crippen LogP contribution in [0.2, 0.25) is 0 Å². The zero-order valence-electron chi connectivity index (χ0n) is 35.1. The number of morpholine rings is 1. The number of aryl methyl sites for hydroxylation is 1. The number of fused-ring (bicyclic) bond motifs is 5. The highest BCUT2D eigenvalue weighted by molar-refractivity contribution is 6.25. The monoisotopic (exact) mass is 867 g/mol. The van der Waals surface area contributed by atoms with Crippen LogP contribution in [0.25, 0.3) is 5.65 Å². The molecule has 2 unspecified atom stereocenters. The molecule has 0 radical (unpaired) electrons. The molecule has 0 bridgehead atoms. The van der Waals surface area contributed by atoms with Crippen LogP contribution >= 0.6 is 0 Å². The van der Waals surface area contributed by atoms with Gasteiger partial charge in [0.05, 0.1) is 48.3 Å². The first-order valence-electron chi connectivity index (χ1n) is 22.2. The summed E-state index contributed by atoms with van der Waals surface area (Å²) >= 11 is 0. The van der Waals surface area contributed by atoms with E-state index >= 15 is 0 Å². The molecule has 4 aromatic rings. The Kier molecular flexibility index (Phi) is 10.9. The van der Waals surface area contributed by atoms with Crippen LogP contribution in [0.15, 0.2) is 36.8 Å². The number of imide groups is 2. The van der Waals surface area contributed by atoms with E-state index < -0.39 is 47.7 Å².